The van der Waals surface area contributed by atoms with E-state index in [1.807, 2.05) is 0 Å². The van der Waals surface area contributed by atoms with Crippen molar-refractivity contribution in [2.75, 3.05) is 36.4 Å². The lowest BCUT2D eigenvalue weighted by molar-refractivity contribution is -0.122. The second-order valence-corrected chi connectivity index (χ2v) is 6.54. The van der Waals surface area contributed by atoms with Crippen LogP contribution >= 0.6 is 0 Å². The van der Waals surface area contributed by atoms with Gasteiger partial charge in [0.15, 0.2) is 11.6 Å². The van der Waals surface area contributed by atoms with Gasteiger partial charge in [0.2, 0.25) is 0 Å². The highest BCUT2D eigenvalue weighted by atomic mass is 19.2. The van der Waals surface area contributed by atoms with E-state index in [2.05, 4.69) is 10.2 Å². The van der Waals surface area contributed by atoms with Gasteiger partial charge in [-0.2, -0.15) is 0 Å². The summed E-state index contributed by atoms with van der Waals surface area (Å²) < 4.78 is 27.1. The molecular formula is C16H21F2N3O. The third-order valence-corrected chi connectivity index (χ3v) is 4.39. The van der Waals surface area contributed by atoms with Gasteiger partial charge in [0.05, 0.1) is 11.4 Å². The molecule has 2 heterocycles. The SMILES string of the molecule is CC1(C)Nc2cc(F)c(F)cc2N(CCN2CCCC2)C1=O. The molecule has 0 aromatic heterocycles. The van der Waals surface area contributed by atoms with Crippen LogP contribution in [-0.2, 0) is 4.79 Å². The summed E-state index contributed by atoms with van der Waals surface area (Å²) in [6.07, 6.45) is 2.36. The molecule has 22 heavy (non-hydrogen) atoms. The first-order valence-electron chi connectivity index (χ1n) is 7.70. The summed E-state index contributed by atoms with van der Waals surface area (Å²) in [4.78, 5) is 16.5. The second-order valence-electron chi connectivity index (χ2n) is 6.54. The summed E-state index contributed by atoms with van der Waals surface area (Å²) in [6.45, 7) is 6.82. The van der Waals surface area contributed by atoms with Gasteiger partial charge in [0.1, 0.15) is 5.54 Å². The van der Waals surface area contributed by atoms with Crippen molar-refractivity contribution < 1.29 is 13.6 Å². The van der Waals surface area contributed by atoms with Gasteiger partial charge in [0.25, 0.3) is 5.91 Å². The van der Waals surface area contributed by atoms with Crippen molar-refractivity contribution >= 4 is 17.3 Å². The number of likely N-dealkylation sites (tertiary alicyclic amines) is 1. The minimum Gasteiger partial charge on any atom is -0.370 e. The van der Waals surface area contributed by atoms with Crippen molar-refractivity contribution in [2.45, 2.75) is 32.2 Å². The van der Waals surface area contributed by atoms with Crippen molar-refractivity contribution in [3.05, 3.63) is 23.8 Å². The Morgan fingerprint density at radius 3 is 2.45 bits per heavy atom. The van der Waals surface area contributed by atoms with E-state index in [1.54, 1.807) is 18.7 Å². The number of fused-ring (bicyclic) bond motifs is 1. The summed E-state index contributed by atoms with van der Waals surface area (Å²) in [5.74, 6) is -1.96. The van der Waals surface area contributed by atoms with E-state index >= 15 is 0 Å². The molecule has 1 N–H and O–H groups in total. The Labute approximate surface area is 129 Å². The Bertz CT molecular complexity index is 597. The molecule has 0 spiro atoms. The maximum absolute atomic E-state index is 13.6. The third kappa shape index (κ3) is 2.67. The average Bonchev–Trinajstić information content (AvgIpc) is 2.95. The maximum atomic E-state index is 13.6. The van der Waals surface area contributed by atoms with Crippen molar-refractivity contribution in [1.29, 1.82) is 0 Å². The first-order valence-corrected chi connectivity index (χ1v) is 7.70. The molecule has 0 bridgehead atoms. The van der Waals surface area contributed by atoms with Crippen LogP contribution in [0.25, 0.3) is 0 Å². The molecule has 2 aliphatic heterocycles. The van der Waals surface area contributed by atoms with E-state index in [4.69, 9.17) is 0 Å². The zero-order valence-corrected chi connectivity index (χ0v) is 13.0. The average molecular weight is 309 g/mol. The summed E-state index contributed by atoms with van der Waals surface area (Å²) in [7, 11) is 0. The molecule has 1 fully saturated rings. The highest BCUT2D eigenvalue weighted by Gasteiger charge is 2.39. The van der Waals surface area contributed by atoms with Crippen LogP contribution in [0.3, 0.4) is 0 Å². The number of hydrogen-bond acceptors (Lipinski definition) is 3. The quantitative estimate of drug-likeness (QED) is 0.932. The Hall–Kier alpha value is -1.69. The molecule has 0 atom stereocenters. The molecule has 2 aliphatic rings. The molecule has 0 aliphatic carbocycles. The molecule has 0 saturated carbocycles. The molecule has 1 aromatic carbocycles. The Morgan fingerprint density at radius 1 is 1.14 bits per heavy atom. The fourth-order valence-electron chi connectivity index (χ4n) is 3.17. The molecule has 1 amide bonds. The minimum atomic E-state index is -0.931. The molecule has 4 nitrogen and oxygen atoms in total. The maximum Gasteiger partial charge on any atom is 0.252 e. The number of hydrogen-bond donors (Lipinski definition) is 1. The van der Waals surface area contributed by atoms with Gasteiger partial charge in [-0.25, -0.2) is 8.78 Å². The van der Waals surface area contributed by atoms with Crippen LogP contribution in [0.2, 0.25) is 0 Å². The van der Waals surface area contributed by atoms with Crippen molar-refractivity contribution in [3.63, 3.8) is 0 Å². The summed E-state index contributed by atoms with van der Waals surface area (Å²) >= 11 is 0. The van der Waals surface area contributed by atoms with Crippen LogP contribution < -0.4 is 10.2 Å². The molecule has 1 aromatic rings. The van der Waals surface area contributed by atoms with E-state index in [1.165, 1.54) is 12.8 Å². The molecule has 1 saturated heterocycles. The first-order chi connectivity index (χ1) is 10.4. The van der Waals surface area contributed by atoms with E-state index in [-0.39, 0.29) is 5.91 Å². The molecule has 0 unspecified atom stereocenters. The highest BCUT2D eigenvalue weighted by molar-refractivity contribution is 6.07. The standard InChI is InChI=1S/C16H21F2N3O/c1-16(2)15(22)21(8-7-20-5-3-4-6-20)14-10-12(18)11(17)9-13(14)19-16/h9-10,19H,3-8H2,1-2H3. The van der Waals surface area contributed by atoms with Crippen LogP contribution in [0.4, 0.5) is 20.2 Å². The van der Waals surface area contributed by atoms with Gasteiger partial charge in [-0.3, -0.25) is 4.79 Å². The number of benzene rings is 1. The number of halogens is 2. The van der Waals surface area contributed by atoms with Gasteiger partial charge in [-0.15, -0.1) is 0 Å². The molecule has 3 rings (SSSR count). The third-order valence-electron chi connectivity index (χ3n) is 4.39. The summed E-state index contributed by atoms with van der Waals surface area (Å²) in [6, 6.07) is 2.23. The van der Waals surface area contributed by atoms with Crippen LogP contribution in [0.5, 0.6) is 0 Å². The Balaban J connectivity index is 1.89. The van der Waals surface area contributed by atoms with E-state index in [9.17, 15) is 13.6 Å². The number of carbonyl (C=O) groups excluding carboxylic acids is 1. The van der Waals surface area contributed by atoms with Gasteiger partial charge in [-0.1, -0.05) is 0 Å². The largest absolute Gasteiger partial charge is 0.370 e. The summed E-state index contributed by atoms with van der Waals surface area (Å²) in [5.41, 5.74) is 0.0507. The monoisotopic (exact) mass is 309 g/mol. The van der Waals surface area contributed by atoms with E-state index < -0.39 is 17.2 Å². The van der Waals surface area contributed by atoms with Crippen molar-refractivity contribution in [1.82, 2.24) is 4.90 Å². The molecule has 120 valence electrons. The Kier molecular flexibility index (Phi) is 3.80. The van der Waals surface area contributed by atoms with Gasteiger partial charge < -0.3 is 15.1 Å². The van der Waals surface area contributed by atoms with Crippen molar-refractivity contribution in [3.8, 4) is 0 Å². The fourth-order valence-corrected chi connectivity index (χ4v) is 3.17. The van der Waals surface area contributed by atoms with Crippen LogP contribution in [0.15, 0.2) is 12.1 Å². The summed E-state index contributed by atoms with van der Waals surface area (Å²) in [5, 5.41) is 3.00. The van der Waals surface area contributed by atoms with Gasteiger partial charge in [-0.05, 0) is 39.8 Å². The number of anilines is 2. The van der Waals surface area contributed by atoms with Crippen LogP contribution in [0.1, 0.15) is 26.7 Å². The van der Waals surface area contributed by atoms with Crippen LogP contribution in [0, 0.1) is 11.6 Å². The predicted octanol–water partition coefficient (Wildman–Crippen LogP) is 2.60. The number of amides is 1. The Morgan fingerprint density at radius 2 is 1.77 bits per heavy atom. The lowest BCUT2D eigenvalue weighted by Crippen LogP contribution is -2.55. The van der Waals surface area contributed by atoms with Crippen molar-refractivity contribution in [2.24, 2.45) is 0 Å². The number of nitrogens with zero attached hydrogens (tertiary/aromatic N) is 2. The molecule has 6 heteroatoms. The smallest absolute Gasteiger partial charge is 0.252 e. The lowest BCUT2D eigenvalue weighted by Gasteiger charge is -2.40. The first kappa shape index (κ1) is 15.2. The zero-order chi connectivity index (χ0) is 15.9. The number of nitrogens with one attached hydrogen (secondary N) is 1. The van der Waals surface area contributed by atoms with E-state index in [0.29, 0.717) is 17.9 Å². The van der Waals surface area contributed by atoms with Gasteiger partial charge >= 0.3 is 0 Å². The number of carbonyl (C=O) groups is 1. The fraction of sp³-hybridized carbons (Fsp3) is 0.562. The van der Waals surface area contributed by atoms with Crippen LogP contribution in [-0.4, -0.2) is 42.5 Å². The lowest BCUT2D eigenvalue weighted by atomic mass is 9.98. The second kappa shape index (κ2) is 5.50. The predicted molar refractivity (Wildman–Crippen MR) is 82.1 cm³/mol. The highest BCUT2D eigenvalue weighted by Crippen LogP contribution is 2.36. The molecule has 0 radical (unpaired) electrons. The minimum absolute atomic E-state index is 0.120. The zero-order valence-electron chi connectivity index (χ0n) is 13.0. The van der Waals surface area contributed by atoms with Gasteiger partial charge in [0, 0.05) is 25.2 Å². The normalized spacial score (nSPS) is 20.9. The molecular weight excluding hydrogens is 288 g/mol. The topological polar surface area (TPSA) is 35.6 Å². The number of rotatable bonds is 3. The van der Waals surface area contributed by atoms with E-state index in [0.717, 1.165) is 31.8 Å².